The van der Waals surface area contributed by atoms with E-state index in [4.69, 9.17) is 4.74 Å². The quantitative estimate of drug-likeness (QED) is 0.402. The van der Waals surface area contributed by atoms with Crippen molar-refractivity contribution in [3.63, 3.8) is 0 Å². The molecule has 1 aliphatic carbocycles. The van der Waals surface area contributed by atoms with Gasteiger partial charge in [-0.05, 0) is 56.8 Å². The Hall–Kier alpha value is -1.18. The number of allylic oxidation sites excluding steroid dienone is 2. The number of aliphatic hydroxyl groups is 1. The maximum absolute atomic E-state index is 11.5. The van der Waals surface area contributed by atoms with Gasteiger partial charge in [0.25, 0.3) is 0 Å². The van der Waals surface area contributed by atoms with Gasteiger partial charge in [0.15, 0.2) is 0 Å². The van der Waals surface area contributed by atoms with E-state index in [1.54, 1.807) is 0 Å². The predicted molar refractivity (Wildman–Crippen MR) is 117 cm³/mol. The molecule has 3 aliphatic rings. The second-order valence-electron chi connectivity index (χ2n) is 9.20. The van der Waals surface area contributed by atoms with Crippen LogP contribution in [0.4, 0.5) is 0 Å². The summed E-state index contributed by atoms with van der Waals surface area (Å²) in [5.74, 6) is 0.775. The summed E-state index contributed by atoms with van der Waals surface area (Å²) in [5, 5.41) is 10.6. The molecule has 1 amide bonds. The van der Waals surface area contributed by atoms with E-state index in [-0.39, 0.29) is 18.6 Å². The van der Waals surface area contributed by atoms with E-state index < -0.39 is 15.9 Å². The predicted octanol–water partition coefficient (Wildman–Crippen LogP) is 3.47. The minimum Gasteiger partial charge on any atom is -0.389 e. The Labute approximate surface area is 181 Å². The molecule has 6 nitrogen and oxygen atoms in total. The fourth-order valence-electron chi connectivity index (χ4n) is 5.27. The highest BCUT2D eigenvalue weighted by molar-refractivity contribution is 7.89. The van der Waals surface area contributed by atoms with Crippen LogP contribution >= 0.6 is 0 Å². The first-order valence-electron chi connectivity index (χ1n) is 11.5. The average Bonchev–Trinajstić information content (AvgIpc) is 3.30. The molecular formula is C23H37NO5S. The lowest BCUT2D eigenvalue weighted by Crippen LogP contribution is -2.28. The Morgan fingerprint density at radius 2 is 1.87 bits per heavy atom. The summed E-state index contributed by atoms with van der Waals surface area (Å²) in [5.41, 5.74) is 0. The van der Waals surface area contributed by atoms with Gasteiger partial charge in [-0.25, -0.2) is 8.42 Å². The second kappa shape index (κ2) is 10.9. The molecule has 0 spiro atoms. The molecule has 0 aromatic rings. The molecule has 1 unspecified atom stereocenters. The van der Waals surface area contributed by atoms with Gasteiger partial charge in [-0.15, -0.1) is 0 Å². The lowest BCUT2D eigenvalue weighted by Gasteiger charge is -2.27. The minimum absolute atomic E-state index is 0.207. The van der Waals surface area contributed by atoms with Crippen molar-refractivity contribution in [2.45, 2.75) is 88.9 Å². The first kappa shape index (κ1) is 23.5. The zero-order valence-corrected chi connectivity index (χ0v) is 18.9. The first-order valence-corrected chi connectivity index (χ1v) is 13.4. The van der Waals surface area contributed by atoms with Crippen LogP contribution < -0.4 is 4.72 Å². The van der Waals surface area contributed by atoms with E-state index in [2.05, 4.69) is 18.2 Å². The van der Waals surface area contributed by atoms with Crippen LogP contribution in [0.2, 0.25) is 0 Å². The third kappa shape index (κ3) is 6.92. The smallest absolute Gasteiger partial charge is 0.233 e. The second-order valence-corrected chi connectivity index (χ2v) is 11.0. The fraction of sp³-hybridized carbons (Fsp3) is 0.783. The SMILES string of the molecule is CS(=O)(=O)NC(=O)CCCC=CC[C@H]1[C@H](C=CC(O)C2CCCCC2)[C@@H]2CC[C@H]1O2. The molecule has 2 N–H and O–H groups in total. The van der Waals surface area contributed by atoms with Gasteiger partial charge in [-0.2, -0.15) is 0 Å². The maximum atomic E-state index is 11.5. The van der Waals surface area contributed by atoms with E-state index in [1.165, 1.54) is 19.3 Å². The number of aliphatic hydroxyl groups excluding tert-OH is 1. The van der Waals surface area contributed by atoms with Crippen LogP contribution in [0.25, 0.3) is 0 Å². The summed E-state index contributed by atoms with van der Waals surface area (Å²) in [6.07, 6.45) is 20.5. The van der Waals surface area contributed by atoms with Gasteiger partial charge in [0.05, 0.1) is 24.6 Å². The molecular weight excluding hydrogens is 402 g/mol. The highest BCUT2D eigenvalue weighted by atomic mass is 32.2. The average molecular weight is 440 g/mol. The number of fused-ring (bicyclic) bond motifs is 2. The molecule has 2 heterocycles. The molecule has 2 saturated heterocycles. The van der Waals surface area contributed by atoms with Gasteiger partial charge >= 0.3 is 0 Å². The van der Waals surface area contributed by atoms with Crippen LogP contribution in [0.5, 0.6) is 0 Å². The number of rotatable bonds is 10. The van der Waals surface area contributed by atoms with Crippen molar-refractivity contribution in [1.82, 2.24) is 4.72 Å². The van der Waals surface area contributed by atoms with Gasteiger partial charge in [-0.3, -0.25) is 9.52 Å². The van der Waals surface area contributed by atoms with Crippen LogP contribution in [0.3, 0.4) is 0 Å². The van der Waals surface area contributed by atoms with Gasteiger partial charge in [0.1, 0.15) is 0 Å². The standard InChI is InChI=1S/C23H37NO5S/c1-30(27,28)24-23(26)12-8-3-2-7-11-18-19(22-16-15-21(18)29-22)13-14-20(25)17-9-5-4-6-10-17/h2,7,13-14,17-22,25H,3-6,8-12,15-16H2,1H3,(H,24,26)/t18-,19-,20?,21+,22-/m0/s1. The third-order valence-electron chi connectivity index (χ3n) is 6.80. The van der Waals surface area contributed by atoms with Crippen molar-refractivity contribution in [2.24, 2.45) is 17.8 Å². The maximum Gasteiger partial charge on any atom is 0.233 e. The highest BCUT2D eigenvalue weighted by Crippen LogP contribution is 2.46. The van der Waals surface area contributed by atoms with Gasteiger partial charge < -0.3 is 9.84 Å². The largest absolute Gasteiger partial charge is 0.389 e. The number of nitrogens with one attached hydrogen (secondary N) is 1. The van der Waals surface area contributed by atoms with Gasteiger partial charge in [0, 0.05) is 12.3 Å². The van der Waals surface area contributed by atoms with E-state index in [0.29, 0.717) is 30.3 Å². The van der Waals surface area contributed by atoms with Crippen molar-refractivity contribution >= 4 is 15.9 Å². The number of amides is 1. The molecule has 0 aromatic carbocycles. The Bertz CT molecular complexity index is 726. The van der Waals surface area contributed by atoms with Crippen LogP contribution in [-0.4, -0.2) is 44.0 Å². The molecule has 2 bridgehead atoms. The van der Waals surface area contributed by atoms with E-state index in [9.17, 15) is 18.3 Å². The summed E-state index contributed by atoms with van der Waals surface area (Å²) in [6.45, 7) is 0. The molecule has 5 atom stereocenters. The number of ether oxygens (including phenoxy) is 1. The number of carbonyl (C=O) groups excluding carboxylic acids is 1. The molecule has 0 aromatic heterocycles. The number of carbonyl (C=O) groups is 1. The lowest BCUT2D eigenvalue weighted by molar-refractivity contribution is -0.119. The summed E-state index contributed by atoms with van der Waals surface area (Å²) in [4.78, 5) is 11.5. The van der Waals surface area contributed by atoms with Crippen LogP contribution in [0.15, 0.2) is 24.3 Å². The van der Waals surface area contributed by atoms with Crippen molar-refractivity contribution in [3.8, 4) is 0 Å². The number of sulfonamides is 1. The van der Waals surface area contributed by atoms with Crippen molar-refractivity contribution in [2.75, 3.05) is 6.26 Å². The molecule has 170 valence electrons. The van der Waals surface area contributed by atoms with Crippen molar-refractivity contribution in [3.05, 3.63) is 24.3 Å². The third-order valence-corrected chi connectivity index (χ3v) is 7.40. The fourth-order valence-corrected chi connectivity index (χ4v) is 5.79. The first-order chi connectivity index (χ1) is 14.3. The van der Waals surface area contributed by atoms with Crippen LogP contribution in [0, 0.1) is 17.8 Å². The summed E-state index contributed by atoms with van der Waals surface area (Å²) < 4.78 is 30.2. The van der Waals surface area contributed by atoms with Gasteiger partial charge in [-0.1, -0.05) is 43.6 Å². The summed E-state index contributed by atoms with van der Waals surface area (Å²) >= 11 is 0. The topological polar surface area (TPSA) is 92.7 Å². The van der Waals surface area contributed by atoms with E-state index in [1.807, 2.05) is 10.8 Å². The van der Waals surface area contributed by atoms with E-state index in [0.717, 1.165) is 44.8 Å². The van der Waals surface area contributed by atoms with Gasteiger partial charge in [0.2, 0.25) is 15.9 Å². The van der Waals surface area contributed by atoms with E-state index >= 15 is 0 Å². The molecule has 1 saturated carbocycles. The molecule has 3 rings (SSSR count). The monoisotopic (exact) mass is 439 g/mol. The van der Waals surface area contributed by atoms with Crippen molar-refractivity contribution < 1.29 is 23.1 Å². The highest BCUT2D eigenvalue weighted by Gasteiger charge is 2.46. The summed E-state index contributed by atoms with van der Waals surface area (Å²) in [7, 11) is -3.47. The molecule has 3 fully saturated rings. The normalized spacial score (nSPS) is 31.0. The Morgan fingerprint density at radius 3 is 2.60 bits per heavy atom. The summed E-state index contributed by atoms with van der Waals surface area (Å²) in [6, 6.07) is 0. The number of unbranched alkanes of at least 4 members (excludes halogenated alkanes) is 1. The number of hydrogen-bond acceptors (Lipinski definition) is 5. The zero-order valence-electron chi connectivity index (χ0n) is 18.0. The Kier molecular flexibility index (Phi) is 8.54. The zero-order chi connectivity index (χ0) is 21.6. The minimum atomic E-state index is -3.47. The number of hydrogen-bond donors (Lipinski definition) is 2. The Balaban J connectivity index is 1.43. The van der Waals surface area contributed by atoms with Crippen LogP contribution in [0.1, 0.15) is 70.6 Å². The molecule has 0 radical (unpaired) electrons. The molecule has 30 heavy (non-hydrogen) atoms. The van der Waals surface area contributed by atoms with Crippen molar-refractivity contribution in [1.29, 1.82) is 0 Å². The lowest BCUT2D eigenvalue weighted by atomic mass is 9.76. The molecule has 7 heteroatoms. The Morgan fingerprint density at radius 1 is 1.13 bits per heavy atom. The molecule has 2 aliphatic heterocycles. The van der Waals surface area contributed by atoms with Crippen LogP contribution in [-0.2, 0) is 19.6 Å².